The van der Waals surface area contributed by atoms with Gasteiger partial charge in [-0.15, -0.1) is 10.2 Å². The van der Waals surface area contributed by atoms with Crippen molar-refractivity contribution in [2.24, 2.45) is 5.41 Å². The van der Waals surface area contributed by atoms with Gasteiger partial charge in [0.1, 0.15) is 5.01 Å². The van der Waals surface area contributed by atoms with Gasteiger partial charge in [0.05, 0.1) is 10.6 Å². The minimum Gasteiger partial charge on any atom is -0.296 e. The van der Waals surface area contributed by atoms with Crippen LogP contribution in [0.3, 0.4) is 0 Å². The summed E-state index contributed by atoms with van der Waals surface area (Å²) >= 11 is 7.38. The van der Waals surface area contributed by atoms with Crippen LogP contribution in [0.25, 0.3) is 0 Å². The van der Waals surface area contributed by atoms with Gasteiger partial charge in [-0.3, -0.25) is 10.1 Å². The van der Waals surface area contributed by atoms with Crippen LogP contribution in [-0.4, -0.2) is 16.1 Å². The number of rotatable bonds is 3. The third-order valence-corrected chi connectivity index (χ3v) is 3.66. The zero-order chi connectivity index (χ0) is 14.8. The first-order valence-corrected chi connectivity index (χ1v) is 7.43. The summed E-state index contributed by atoms with van der Waals surface area (Å²) in [6.45, 7) is 6.41. The van der Waals surface area contributed by atoms with E-state index in [0.717, 1.165) is 11.4 Å². The molecule has 6 heteroatoms. The van der Waals surface area contributed by atoms with E-state index >= 15 is 0 Å². The van der Waals surface area contributed by atoms with Crippen molar-refractivity contribution in [3.63, 3.8) is 0 Å². The minimum atomic E-state index is -0.269. The number of anilines is 1. The minimum absolute atomic E-state index is 0.142. The highest BCUT2D eigenvalue weighted by molar-refractivity contribution is 7.15. The van der Waals surface area contributed by atoms with Crippen LogP contribution in [0.1, 0.15) is 36.1 Å². The van der Waals surface area contributed by atoms with Gasteiger partial charge in [0, 0.05) is 6.42 Å². The van der Waals surface area contributed by atoms with Crippen LogP contribution in [0.5, 0.6) is 0 Å². The van der Waals surface area contributed by atoms with Gasteiger partial charge in [0.15, 0.2) is 0 Å². The van der Waals surface area contributed by atoms with Crippen molar-refractivity contribution >= 4 is 34.0 Å². The van der Waals surface area contributed by atoms with E-state index in [1.165, 1.54) is 11.3 Å². The van der Waals surface area contributed by atoms with Crippen LogP contribution < -0.4 is 5.32 Å². The molecule has 0 unspecified atom stereocenters. The Morgan fingerprint density at radius 2 is 2.00 bits per heavy atom. The van der Waals surface area contributed by atoms with Crippen LogP contribution in [0.15, 0.2) is 24.3 Å². The molecule has 0 aliphatic carbocycles. The standard InChI is InChI=1S/C14H16ClN3OS/c1-14(2,3)8-11-17-18-13(20-11)16-12(19)9-6-4-5-7-10(9)15/h4-7H,8H2,1-3H3,(H,16,18,19). The second kappa shape index (κ2) is 5.89. The van der Waals surface area contributed by atoms with Crippen molar-refractivity contribution in [3.8, 4) is 0 Å². The molecule has 2 rings (SSSR count). The molecule has 0 radical (unpaired) electrons. The zero-order valence-electron chi connectivity index (χ0n) is 11.6. The summed E-state index contributed by atoms with van der Waals surface area (Å²) in [5, 5.41) is 12.6. The molecule has 20 heavy (non-hydrogen) atoms. The second-order valence-electron chi connectivity index (χ2n) is 5.67. The molecule has 0 aliphatic rings. The van der Waals surface area contributed by atoms with Crippen LogP contribution in [-0.2, 0) is 6.42 Å². The molecule has 1 aromatic carbocycles. The summed E-state index contributed by atoms with van der Waals surface area (Å²) in [6.07, 6.45) is 0.826. The third kappa shape index (κ3) is 4.02. The summed E-state index contributed by atoms with van der Waals surface area (Å²) in [4.78, 5) is 12.1. The fourth-order valence-electron chi connectivity index (χ4n) is 1.64. The Labute approximate surface area is 127 Å². The third-order valence-electron chi connectivity index (χ3n) is 2.49. The molecule has 1 heterocycles. The fourth-order valence-corrected chi connectivity index (χ4v) is 2.90. The molecule has 1 amide bonds. The van der Waals surface area contributed by atoms with Gasteiger partial charge < -0.3 is 0 Å². The van der Waals surface area contributed by atoms with Crippen molar-refractivity contribution < 1.29 is 4.79 Å². The van der Waals surface area contributed by atoms with Crippen LogP contribution >= 0.6 is 22.9 Å². The topological polar surface area (TPSA) is 54.9 Å². The molecule has 106 valence electrons. The number of carbonyl (C=O) groups is 1. The Hall–Kier alpha value is -1.46. The maximum Gasteiger partial charge on any atom is 0.259 e. The van der Waals surface area contributed by atoms with Crippen LogP contribution in [0, 0.1) is 5.41 Å². The lowest BCUT2D eigenvalue weighted by molar-refractivity contribution is 0.102. The molecule has 0 atom stereocenters. The normalized spacial score (nSPS) is 11.4. The van der Waals surface area contributed by atoms with E-state index in [1.807, 2.05) is 0 Å². The van der Waals surface area contributed by atoms with Crippen molar-refractivity contribution in [2.45, 2.75) is 27.2 Å². The van der Waals surface area contributed by atoms with Crippen molar-refractivity contribution in [1.82, 2.24) is 10.2 Å². The van der Waals surface area contributed by atoms with Crippen LogP contribution in [0.2, 0.25) is 5.02 Å². The van der Waals surface area contributed by atoms with E-state index < -0.39 is 0 Å². The molecule has 2 aromatic rings. The molecule has 0 saturated carbocycles. The average molecular weight is 310 g/mol. The Kier molecular flexibility index (Phi) is 4.40. The largest absolute Gasteiger partial charge is 0.296 e. The number of hydrogen-bond donors (Lipinski definition) is 1. The lowest BCUT2D eigenvalue weighted by Crippen LogP contribution is -2.12. The summed E-state index contributed by atoms with van der Waals surface area (Å²) in [6, 6.07) is 6.91. The van der Waals surface area contributed by atoms with E-state index in [9.17, 15) is 4.79 Å². The predicted octanol–water partition coefficient (Wildman–Crippen LogP) is 4.03. The van der Waals surface area contributed by atoms with E-state index in [-0.39, 0.29) is 11.3 Å². The van der Waals surface area contributed by atoms with E-state index in [4.69, 9.17) is 11.6 Å². The summed E-state index contributed by atoms with van der Waals surface area (Å²) in [7, 11) is 0. The summed E-state index contributed by atoms with van der Waals surface area (Å²) in [5.41, 5.74) is 0.575. The molecule has 1 N–H and O–H groups in total. The van der Waals surface area contributed by atoms with Gasteiger partial charge in [0.25, 0.3) is 5.91 Å². The predicted molar refractivity (Wildman–Crippen MR) is 82.5 cm³/mol. The number of halogens is 1. The Bertz CT molecular complexity index is 619. The lowest BCUT2D eigenvalue weighted by Gasteiger charge is -2.14. The first-order chi connectivity index (χ1) is 9.35. The monoisotopic (exact) mass is 309 g/mol. The van der Waals surface area contributed by atoms with Crippen LogP contribution in [0.4, 0.5) is 5.13 Å². The Morgan fingerprint density at radius 3 is 2.65 bits per heavy atom. The maximum absolute atomic E-state index is 12.1. The number of nitrogens with one attached hydrogen (secondary N) is 1. The molecular weight excluding hydrogens is 294 g/mol. The molecule has 0 aliphatic heterocycles. The van der Waals surface area contributed by atoms with Gasteiger partial charge >= 0.3 is 0 Å². The number of benzene rings is 1. The van der Waals surface area contributed by atoms with Gasteiger partial charge in [-0.1, -0.05) is 55.8 Å². The number of hydrogen-bond acceptors (Lipinski definition) is 4. The van der Waals surface area contributed by atoms with Gasteiger partial charge in [-0.25, -0.2) is 0 Å². The van der Waals surface area contributed by atoms with Crippen molar-refractivity contribution in [2.75, 3.05) is 5.32 Å². The Morgan fingerprint density at radius 1 is 1.30 bits per heavy atom. The fraction of sp³-hybridized carbons (Fsp3) is 0.357. The van der Waals surface area contributed by atoms with Gasteiger partial charge in [-0.05, 0) is 17.5 Å². The maximum atomic E-state index is 12.1. The highest BCUT2D eigenvalue weighted by Crippen LogP contribution is 2.25. The molecule has 0 saturated heterocycles. The lowest BCUT2D eigenvalue weighted by atomic mass is 9.93. The van der Waals surface area contributed by atoms with E-state index in [0.29, 0.717) is 15.7 Å². The molecule has 0 fully saturated rings. The number of amides is 1. The first kappa shape index (κ1) is 14.9. The van der Waals surface area contributed by atoms with Gasteiger partial charge in [-0.2, -0.15) is 0 Å². The average Bonchev–Trinajstić information content (AvgIpc) is 2.74. The highest BCUT2D eigenvalue weighted by atomic mass is 35.5. The van der Waals surface area contributed by atoms with Crippen molar-refractivity contribution in [3.05, 3.63) is 39.9 Å². The molecular formula is C14H16ClN3OS. The SMILES string of the molecule is CC(C)(C)Cc1nnc(NC(=O)c2ccccc2Cl)s1. The van der Waals surface area contributed by atoms with E-state index in [2.05, 4.69) is 36.3 Å². The molecule has 4 nitrogen and oxygen atoms in total. The number of nitrogens with zero attached hydrogens (tertiary/aromatic N) is 2. The second-order valence-corrected chi connectivity index (χ2v) is 7.14. The number of carbonyl (C=O) groups excluding carboxylic acids is 1. The van der Waals surface area contributed by atoms with Gasteiger partial charge in [0.2, 0.25) is 5.13 Å². The van der Waals surface area contributed by atoms with E-state index in [1.54, 1.807) is 24.3 Å². The first-order valence-electron chi connectivity index (χ1n) is 6.23. The zero-order valence-corrected chi connectivity index (χ0v) is 13.2. The highest BCUT2D eigenvalue weighted by Gasteiger charge is 2.17. The number of aromatic nitrogens is 2. The van der Waals surface area contributed by atoms with Crippen molar-refractivity contribution in [1.29, 1.82) is 0 Å². The summed E-state index contributed by atoms with van der Waals surface area (Å²) in [5.74, 6) is -0.269. The quantitative estimate of drug-likeness (QED) is 0.931. The smallest absolute Gasteiger partial charge is 0.259 e. The molecule has 1 aromatic heterocycles. The Balaban J connectivity index is 2.08. The molecule has 0 spiro atoms. The molecule has 0 bridgehead atoms. The summed E-state index contributed by atoms with van der Waals surface area (Å²) < 4.78 is 0.